The summed E-state index contributed by atoms with van der Waals surface area (Å²) in [5, 5.41) is 0. The van der Waals surface area contributed by atoms with Gasteiger partial charge in [-0.2, -0.15) is 0 Å². The van der Waals surface area contributed by atoms with Gasteiger partial charge in [0.1, 0.15) is 5.75 Å². The van der Waals surface area contributed by atoms with Gasteiger partial charge >= 0.3 is 5.97 Å². The van der Waals surface area contributed by atoms with Crippen molar-refractivity contribution in [1.29, 1.82) is 0 Å². The van der Waals surface area contributed by atoms with E-state index in [-0.39, 0.29) is 16.8 Å². The minimum Gasteiger partial charge on any atom is -0.497 e. The molecule has 1 saturated carbocycles. The molecular formula is C24H38O3Si. The van der Waals surface area contributed by atoms with E-state index < -0.39 is 8.07 Å². The van der Waals surface area contributed by atoms with Crippen LogP contribution < -0.4 is 4.74 Å². The number of rotatable bonds is 5. The number of hydrogen-bond donors (Lipinski definition) is 0. The zero-order valence-corrected chi connectivity index (χ0v) is 19.9. The van der Waals surface area contributed by atoms with Crippen LogP contribution in [0.5, 0.6) is 5.75 Å². The molecule has 0 bridgehead atoms. The summed E-state index contributed by atoms with van der Waals surface area (Å²) in [4.78, 5) is 12.8. The van der Waals surface area contributed by atoms with E-state index in [1.807, 2.05) is 0 Å². The Morgan fingerprint density at radius 1 is 1.18 bits per heavy atom. The van der Waals surface area contributed by atoms with E-state index in [1.54, 1.807) is 7.11 Å². The van der Waals surface area contributed by atoms with Gasteiger partial charge < -0.3 is 9.47 Å². The molecule has 0 unspecified atom stereocenters. The molecule has 156 valence electrons. The molecule has 3 rings (SSSR count). The lowest BCUT2D eigenvalue weighted by molar-refractivity contribution is -0.161. The van der Waals surface area contributed by atoms with E-state index in [2.05, 4.69) is 45.6 Å². The van der Waals surface area contributed by atoms with Crippen LogP contribution in [0, 0.1) is 11.3 Å². The van der Waals surface area contributed by atoms with Crippen molar-refractivity contribution in [3.63, 3.8) is 0 Å². The molecule has 0 aromatic heterocycles. The van der Waals surface area contributed by atoms with Crippen molar-refractivity contribution < 1.29 is 14.3 Å². The van der Waals surface area contributed by atoms with Crippen LogP contribution in [0.1, 0.15) is 56.2 Å². The van der Waals surface area contributed by atoms with E-state index in [0.717, 1.165) is 44.3 Å². The summed E-state index contributed by atoms with van der Waals surface area (Å²) < 4.78 is 11.0. The van der Waals surface area contributed by atoms with Crippen LogP contribution in [-0.4, -0.2) is 28.3 Å². The average molecular weight is 403 g/mol. The number of ether oxygens (including phenoxy) is 2. The molecule has 4 heteroatoms. The zero-order chi connectivity index (χ0) is 20.7. The van der Waals surface area contributed by atoms with Gasteiger partial charge in [-0.25, -0.2) is 0 Å². The number of carbonyl (C=O) groups excluding carboxylic acids is 1. The molecule has 0 radical (unpaired) electrons. The minimum atomic E-state index is -1.11. The van der Waals surface area contributed by atoms with Crippen molar-refractivity contribution in [2.75, 3.05) is 14.2 Å². The molecule has 2 aliphatic rings. The standard InChI is InChI=1S/C24H38O3Si/c1-23-12-8-13-24(2,22(25)27-4)21(23)10-9-19-17(11-14-28(5,6)7)15-18(26-3)16-20(19)23/h15-16,21H,8-14H2,1-7H3/t21-,23-,24+/m1/s1. The monoisotopic (exact) mass is 402 g/mol. The van der Waals surface area contributed by atoms with E-state index in [9.17, 15) is 4.79 Å². The number of fused-ring (bicyclic) bond motifs is 3. The van der Waals surface area contributed by atoms with Crippen LogP contribution in [0.2, 0.25) is 25.7 Å². The van der Waals surface area contributed by atoms with Gasteiger partial charge in [0.05, 0.1) is 19.6 Å². The Morgan fingerprint density at radius 3 is 2.50 bits per heavy atom. The summed E-state index contributed by atoms with van der Waals surface area (Å²) >= 11 is 0. The van der Waals surface area contributed by atoms with Crippen molar-refractivity contribution in [3.05, 3.63) is 28.8 Å². The third-order valence-corrected chi connectivity index (χ3v) is 9.33. The number of aryl methyl sites for hydroxylation is 1. The van der Waals surface area contributed by atoms with Gasteiger partial charge in [-0.3, -0.25) is 4.79 Å². The molecule has 3 atom stereocenters. The topological polar surface area (TPSA) is 35.5 Å². The fraction of sp³-hybridized carbons (Fsp3) is 0.708. The lowest BCUT2D eigenvalue weighted by Crippen LogP contribution is -2.52. The second-order valence-electron chi connectivity index (χ2n) is 10.6. The molecule has 0 N–H and O–H groups in total. The van der Waals surface area contributed by atoms with Crippen molar-refractivity contribution in [2.45, 2.75) is 83.5 Å². The molecular weight excluding hydrogens is 364 g/mol. The molecule has 3 nitrogen and oxygen atoms in total. The second kappa shape index (κ2) is 7.51. The highest BCUT2D eigenvalue weighted by Crippen LogP contribution is 2.58. The Morgan fingerprint density at radius 2 is 1.89 bits per heavy atom. The highest BCUT2D eigenvalue weighted by Gasteiger charge is 2.55. The first-order valence-corrected chi connectivity index (χ1v) is 14.5. The molecule has 0 saturated heterocycles. The number of esters is 1. The van der Waals surface area contributed by atoms with Gasteiger partial charge in [-0.1, -0.05) is 39.0 Å². The first-order chi connectivity index (χ1) is 13.0. The largest absolute Gasteiger partial charge is 0.497 e. The molecule has 2 aliphatic carbocycles. The van der Waals surface area contributed by atoms with Gasteiger partial charge in [-0.05, 0) is 79.2 Å². The van der Waals surface area contributed by atoms with Crippen LogP contribution >= 0.6 is 0 Å². The van der Waals surface area contributed by atoms with Crippen molar-refractivity contribution >= 4 is 14.0 Å². The molecule has 1 aromatic carbocycles. The van der Waals surface area contributed by atoms with E-state index in [4.69, 9.17) is 9.47 Å². The van der Waals surface area contributed by atoms with Crippen LogP contribution in [0.25, 0.3) is 0 Å². The zero-order valence-electron chi connectivity index (χ0n) is 18.9. The maximum absolute atomic E-state index is 12.8. The number of methoxy groups -OCH3 is 2. The summed E-state index contributed by atoms with van der Waals surface area (Å²) in [6.45, 7) is 11.9. The Kier molecular flexibility index (Phi) is 5.75. The maximum Gasteiger partial charge on any atom is 0.311 e. The third-order valence-electron chi connectivity index (χ3n) is 7.58. The summed E-state index contributed by atoms with van der Waals surface area (Å²) in [5.74, 6) is 1.26. The predicted molar refractivity (Wildman–Crippen MR) is 118 cm³/mol. The van der Waals surface area contributed by atoms with Crippen LogP contribution in [0.15, 0.2) is 12.1 Å². The van der Waals surface area contributed by atoms with Crippen molar-refractivity contribution in [2.24, 2.45) is 11.3 Å². The van der Waals surface area contributed by atoms with Crippen LogP contribution in [-0.2, 0) is 27.8 Å². The SMILES string of the molecule is COC(=O)[C@@]1(C)CCC[C@]2(C)c3cc(OC)cc(CC[Si](C)(C)C)c3CC[C@@H]12. The van der Waals surface area contributed by atoms with Gasteiger partial charge in [0, 0.05) is 8.07 Å². The minimum absolute atomic E-state index is 0.0111. The molecule has 1 aromatic rings. The van der Waals surface area contributed by atoms with Gasteiger partial charge in [0.25, 0.3) is 0 Å². The van der Waals surface area contributed by atoms with E-state index >= 15 is 0 Å². The van der Waals surface area contributed by atoms with Crippen LogP contribution in [0.4, 0.5) is 0 Å². The average Bonchev–Trinajstić information content (AvgIpc) is 2.64. The van der Waals surface area contributed by atoms with Crippen molar-refractivity contribution in [3.8, 4) is 5.75 Å². The smallest absolute Gasteiger partial charge is 0.311 e. The number of carbonyl (C=O) groups is 1. The van der Waals surface area contributed by atoms with Gasteiger partial charge in [0.2, 0.25) is 0 Å². The Bertz CT molecular complexity index is 751. The number of hydrogen-bond acceptors (Lipinski definition) is 3. The third kappa shape index (κ3) is 3.65. The fourth-order valence-electron chi connectivity index (χ4n) is 5.96. The Balaban J connectivity index is 2.07. The second-order valence-corrected chi connectivity index (χ2v) is 16.3. The normalized spacial score (nSPS) is 29.6. The van der Waals surface area contributed by atoms with Gasteiger partial charge in [0.15, 0.2) is 0 Å². The highest BCUT2D eigenvalue weighted by atomic mass is 28.3. The Labute approximate surface area is 172 Å². The lowest BCUT2D eigenvalue weighted by atomic mass is 9.49. The molecule has 1 fully saturated rings. The summed E-state index contributed by atoms with van der Waals surface area (Å²) in [5.41, 5.74) is 4.07. The molecule has 0 heterocycles. The van der Waals surface area contributed by atoms with Crippen LogP contribution in [0.3, 0.4) is 0 Å². The van der Waals surface area contributed by atoms with E-state index in [1.165, 1.54) is 29.8 Å². The first-order valence-electron chi connectivity index (χ1n) is 10.8. The molecule has 28 heavy (non-hydrogen) atoms. The molecule has 0 spiro atoms. The predicted octanol–water partition coefficient (Wildman–Crippen LogP) is 5.76. The summed E-state index contributed by atoms with van der Waals surface area (Å²) in [6.07, 6.45) is 6.41. The lowest BCUT2D eigenvalue weighted by Gasteiger charge is -2.54. The first kappa shape index (κ1) is 21.4. The summed E-state index contributed by atoms with van der Waals surface area (Å²) in [6, 6.07) is 5.83. The van der Waals surface area contributed by atoms with E-state index in [0.29, 0.717) is 5.92 Å². The quantitative estimate of drug-likeness (QED) is 0.464. The number of benzene rings is 1. The van der Waals surface area contributed by atoms with Gasteiger partial charge in [-0.15, -0.1) is 0 Å². The fourth-order valence-corrected chi connectivity index (χ4v) is 6.98. The Hall–Kier alpha value is -1.29. The molecule has 0 amide bonds. The van der Waals surface area contributed by atoms with Crippen molar-refractivity contribution in [1.82, 2.24) is 0 Å². The molecule has 0 aliphatic heterocycles. The maximum atomic E-state index is 12.8. The summed E-state index contributed by atoms with van der Waals surface area (Å²) in [7, 11) is 2.19. The highest BCUT2D eigenvalue weighted by molar-refractivity contribution is 6.76.